The summed E-state index contributed by atoms with van der Waals surface area (Å²) in [6.45, 7) is 13.2. The summed E-state index contributed by atoms with van der Waals surface area (Å²) in [7, 11) is 0. The molecule has 0 rings (SSSR count). The first-order chi connectivity index (χ1) is 7.96. The Morgan fingerprint density at radius 2 is 1.20 bits per heavy atom. The van der Waals surface area contributed by atoms with Crippen LogP contribution in [0.5, 0.6) is 0 Å². The van der Waals surface area contributed by atoms with E-state index in [1.54, 1.807) is 20.8 Å². The summed E-state index contributed by atoms with van der Waals surface area (Å²) in [5.41, 5.74) is 4.19. The van der Waals surface area contributed by atoms with Gasteiger partial charge in [0.25, 0.3) is 0 Å². The molecule has 0 spiro atoms. The molecule has 0 bridgehead atoms. The number of nitrogens with two attached hydrogens (primary N) is 1. The van der Waals surface area contributed by atoms with Crippen LogP contribution in [0.1, 0.15) is 55.9 Å². The summed E-state index contributed by atoms with van der Waals surface area (Å²) in [6.07, 6.45) is 0. The van der Waals surface area contributed by atoms with Gasteiger partial charge in [-0.15, -0.1) is 12.4 Å². The van der Waals surface area contributed by atoms with Gasteiger partial charge < -0.3 is 15.2 Å². The second-order valence-corrected chi connectivity index (χ2v) is 5.41. The summed E-state index contributed by atoms with van der Waals surface area (Å²) in [4.78, 5) is 21.6. The Morgan fingerprint density at radius 3 is 1.30 bits per heavy atom. The van der Waals surface area contributed by atoms with E-state index in [1.165, 1.54) is 0 Å². The number of hydrogen-bond donors (Lipinski definition) is 1. The lowest BCUT2D eigenvalue weighted by atomic mass is 9.97. The van der Waals surface area contributed by atoms with Crippen molar-refractivity contribution in [2.75, 3.05) is 13.2 Å². The van der Waals surface area contributed by atoms with Gasteiger partial charge in [-0.3, -0.25) is 9.59 Å². The molecule has 20 heavy (non-hydrogen) atoms. The lowest BCUT2D eigenvalue weighted by Crippen LogP contribution is -2.42. The largest absolute Gasteiger partial charge is 0.466 e. The highest BCUT2D eigenvalue weighted by Gasteiger charge is 2.22. The predicted molar refractivity (Wildman–Crippen MR) is 85.0 cm³/mol. The highest BCUT2D eigenvalue weighted by molar-refractivity contribution is 5.85. The van der Waals surface area contributed by atoms with Crippen molar-refractivity contribution < 1.29 is 19.1 Å². The van der Waals surface area contributed by atoms with Gasteiger partial charge in [-0.25, -0.2) is 0 Å². The van der Waals surface area contributed by atoms with E-state index >= 15 is 0 Å². The van der Waals surface area contributed by atoms with Gasteiger partial charge >= 0.3 is 11.9 Å². The van der Waals surface area contributed by atoms with Gasteiger partial charge in [-0.2, -0.15) is 0 Å². The molecule has 5 nitrogen and oxygen atoms in total. The number of rotatable bonds is 3. The van der Waals surface area contributed by atoms with Crippen molar-refractivity contribution in [3.8, 4) is 0 Å². The number of ether oxygens (including phenoxy) is 2. The first-order valence-electron chi connectivity index (χ1n) is 6.10. The SMILES string of the molecule is C.CCOC(=O)C(C)(C)C.CCOC(=O)C(C)(C)N.Cl. The lowest BCUT2D eigenvalue weighted by molar-refractivity contribution is -0.152. The van der Waals surface area contributed by atoms with Crippen LogP contribution in [0.25, 0.3) is 0 Å². The smallest absolute Gasteiger partial charge is 0.325 e. The van der Waals surface area contributed by atoms with Gasteiger partial charge in [0.2, 0.25) is 0 Å². The van der Waals surface area contributed by atoms with E-state index in [-0.39, 0.29) is 37.2 Å². The fourth-order valence-electron chi connectivity index (χ4n) is 0.665. The number of carbonyl (C=O) groups excluding carboxylic acids is 2. The maximum absolute atomic E-state index is 10.8. The molecule has 0 aromatic heterocycles. The van der Waals surface area contributed by atoms with Crippen molar-refractivity contribution in [3.05, 3.63) is 0 Å². The van der Waals surface area contributed by atoms with Gasteiger partial charge in [-0.1, -0.05) is 7.43 Å². The molecule has 0 amide bonds. The van der Waals surface area contributed by atoms with E-state index in [1.807, 2.05) is 27.7 Å². The molecular weight excluding hydrogens is 282 g/mol. The molecule has 0 aromatic rings. The molecule has 2 N–H and O–H groups in total. The Kier molecular flexibility index (Phi) is 16.5. The quantitative estimate of drug-likeness (QED) is 0.810. The molecule has 0 aromatic carbocycles. The fourth-order valence-corrected chi connectivity index (χ4v) is 0.665. The first-order valence-corrected chi connectivity index (χ1v) is 6.10. The Morgan fingerprint density at radius 1 is 0.900 bits per heavy atom. The summed E-state index contributed by atoms with van der Waals surface area (Å²) < 4.78 is 9.41. The van der Waals surface area contributed by atoms with Gasteiger partial charge in [0.15, 0.2) is 0 Å². The van der Waals surface area contributed by atoms with Crippen LogP contribution in [0, 0.1) is 5.41 Å². The highest BCUT2D eigenvalue weighted by Crippen LogP contribution is 2.14. The number of hydrogen-bond acceptors (Lipinski definition) is 5. The maximum Gasteiger partial charge on any atom is 0.325 e. The fraction of sp³-hybridized carbons (Fsp3) is 0.857. The van der Waals surface area contributed by atoms with Crippen molar-refractivity contribution in [2.45, 2.75) is 61.4 Å². The molecule has 0 radical (unpaired) electrons. The maximum atomic E-state index is 10.8. The number of halogens is 1. The Hall–Kier alpha value is -0.810. The van der Waals surface area contributed by atoms with Crippen molar-refractivity contribution in [1.82, 2.24) is 0 Å². The van der Waals surface area contributed by atoms with Crippen LogP contribution in [0.4, 0.5) is 0 Å². The molecule has 124 valence electrons. The summed E-state index contributed by atoms with van der Waals surface area (Å²) >= 11 is 0. The lowest BCUT2D eigenvalue weighted by Gasteiger charge is -2.15. The third kappa shape index (κ3) is 15.2. The monoisotopic (exact) mass is 313 g/mol. The van der Waals surface area contributed by atoms with Gasteiger partial charge in [0.1, 0.15) is 5.54 Å². The minimum atomic E-state index is -0.851. The Balaban J connectivity index is -0.000000116. The Labute approximate surface area is 130 Å². The second kappa shape index (κ2) is 12.0. The van der Waals surface area contributed by atoms with E-state index in [9.17, 15) is 9.59 Å². The van der Waals surface area contributed by atoms with Crippen LogP contribution in [-0.2, 0) is 19.1 Å². The normalized spacial score (nSPS) is 10.0. The number of carbonyl (C=O) groups is 2. The van der Waals surface area contributed by atoms with Crippen LogP contribution in [0.15, 0.2) is 0 Å². The molecule has 0 saturated carbocycles. The molecule has 0 fully saturated rings. The van der Waals surface area contributed by atoms with Crippen molar-refractivity contribution in [2.24, 2.45) is 11.1 Å². The average Bonchev–Trinajstić information content (AvgIpc) is 2.16. The predicted octanol–water partition coefficient (Wildman–Crippen LogP) is 2.94. The molecule has 0 atom stereocenters. The van der Waals surface area contributed by atoms with Crippen LogP contribution in [0.3, 0.4) is 0 Å². The minimum absolute atomic E-state index is 0. The molecule has 0 aliphatic rings. The van der Waals surface area contributed by atoms with E-state index in [0.717, 1.165) is 0 Å². The van der Waals surface area contributed by atoms with Gasteiger partial charge in [0.05, 0.1) is 18.6 Å². The third-order valence-electron chi connectivity index (χ3n) is 1.69. The van der Waals surface area contributed by atoms with E-state index in [0.29, 0.717) is 13.2 Å². The van der Waals surface area contributed by atoms with Crippen LogP contribution >= 0.6 is 12.4 Å². The van der Waals surface area contributed by atoms with E-state index < -0.39 is 5.54 Å². The van der Waals surface area contributed by atoms with Gasteiger partial charge in [0, 0.05) is 0 Å². The van der Waals surface area contributed by atoms with E-state index in [4.69, 9.17) is 10.5 Å². The molecular formula is C14H32ClNO4. The molecule has 0 aliphatic carbocycles. The zero-order valence-corrected chi connectivity index (χ0v) is 13.8. The summed E-state index contributed by atoms with van der Waals surface area (Å²) in [5.74, 6) is -0.491. The van der Waals surface area contributed by atoms with Crippen LogP contribution < -0.4 is 5.73 Å². The summed E-state index contributed by atoms with van der Waals surface area (Å²) in [6, 6.07) is 0. The van der Waals surface area contributed by atoms with Crippen LogP contribution in [-0.4, -0.2) is 30.7 Å². The zero-order chi connectivity index (χ0) is 15.0. The summed E-state index contributed by atoms with van der Waals surface area (Å²) in [5, 5.41) is 0. The molecule has 0 saturated heterocycles. The van der Waals surface area contributed by atoms with Gasteiger partial charge in [-0.05, 0) is 48.5 Å². The standard InChI is InChI=1S/C7H14O2.C6H13NO2.CH4.ClH/c1-5-9-6(8)7(2,3)4;1-4-9-5(8)6(2,3)7;;/h5H2,1-4H3;4,7H2,1-3H3;1H4;1H. The highest BCUT2D eigenvalue weighted by atomic mass is 35.5. The second-order valence-electron chi connectivity index (χ2n) is 5.41. The molecule has 6 heteroatoms. The first kappa shape index (κ1) is 27.5. The van der Waals surface area contributed by atoms with Crippen molar-refractivity contribution in [1.29, 1.82) is 0 Å². The third-order valence-corrected chi connectivity index (χ3v) is 1.69. The molecule has 0 aliphatic heterocycles. The minimum Gasteiger partial charge on any atom is -0.466 e. The topological polar surface area (TPSA) is 78.6 Å². The number of esters is 2. The van der Waals surface area contributed by atoms with Crippen molar-refractivity contribution >= 4 is 24.3 Å². The Bertz CT molecular complexity index is 239. The molecule has 0 heterocycles. The van der Waals surface area contributed by atoms with Crippen LogP contribution in [0.2, 0.25) is 0 Å². The van der Waals surface area contributed by atoms with Crippen molar-refractivity contribution in [3.63, 3.8) is 0 Å². The van der Waals surface area contributed by atoms with E-state index in [2.05, 4.69) is 4.74 Å². The molecule has 0 unspecified atom stereocenters. The average molecular weight is 314 g/mol. The zero-order valence-electron chi connectivity index (χ0n) is 13.0.